The maximum atomic E-state index is 12.8. The molecule has 1 aromatic rings. The van der Waals surface area contributed by atoms with Crippen molar-refractivity contribution >= 4 is 23.7 Å². The number of aromatic amines is 1. The van der Waals surface area contributed by atoms with Gasteiger partial charge in [-0.15, -0.1) is 0 Å². The highest BCUT2D eigenvalue weighted by Gasteiger charge is 2.26. The quantitative estimate of drug-likeness (QED) is 0.375. The van der Waals surface area contributed by atoms with Crippen molar-refractivity contribution in [3.8, 4) is 0 Å². The van der Waals surface area contributed by atoms with Gasteiger partial charge in [-0.05, 0) is 61.3 Å². The number of ketones is 1. The van der Waals surface area contributed by atoms with E-state index in [9.17, 15) is 14.4 Å². The normalized spacial score (nSPS) is 15.3. The smallest absolute Gasteiger partial charge is 0.303 e. The van der Waals surface area contributed by atoms with Crippen LogP contribution >= 0.6 is 0 Å². The Morgan fingerprint density at radius 3 is 2.07 bits per heavy atom. The van der Waals surface area contributed by atoms with Crippen LogP contribution < -0.4 is 5.32 Å². The second-order valence-corrected chi connectivity index (χ2v) is 7.28. The predicted octanol–water partition coefficient (Wildman–Crippen LogP) is 4.55. The van der Waals surface area contributed by atoms with Gasteiger partial charge in [0.05, 0.1) is 5.69 Å². The van der Waals surface area contributed by atoms with Crippen LogP contribution in [0.1, 0.15) is 93.5 Å². The Morgan fingerprint density at radius 1 is 0.897 bits per heavy atom. The Bertz CT molecular complexity index is 858. The van der Waals surface area contributed by atoms with Gasteiger partial charge < -0.3 is 15.4 Å². The number of rotatable bonds is 11. The number of hydrogen-bond donors (Lipinski definition) is 3. The zero-order valence-corrected chi connectivity index (χ0v) is 17.9. The lowest BCUT2D eigenvalue weighted by molar-refractivity contribution is -0.137. The molecule has 158 valence electrons. The minimum Gasteiger partial charge on any atom is -0.481 e. The van der Waals surface area contributed by atoms with Crippen molar-refractivity contribution in [2.24, 2.45) is 0 Å². The van der Waals surface area contributed by atoms with Gasteiger partial charge in [-0.3, -0.25) is 14.4 Å². The molecular formula is C23H32N2O4. The monoisotopic (exact) mass is 400 g/mol. The fraction of sp³-hybridized carbons (Fsp3) is 0.522. The number of hydrogen-bond acceptors (Lipinski definition) is 3. The Kier molecular flexibility index (Phi) is 8.00. The number of aliphatic carboxylic acids is 1. The maximum absolute atomic E-state index is 12.8. The van der Waals surface area contributed by atoms with Crippen LogP contribution in [0.5, 0.6) is 0 Å². The van der Waals surface area contributed by atoms with E-state index in [0.29, 0.717) is 31.4 Å². The molecule has 0 saturated carbocycles. The average molecular weight is 401 g/mol. The number of unbranched alkanes of at least 4 members (excludes halogenated alkanes) is 1. The van der Waals surface area contributed by atoms with E-state index < -0.39 is 5.97 Å². The molecule has 1 aliphatic rings. The van der Waals surface area contributed by atoms with Crippen molar-refractivity contribution in [3.63, 3.8) is 0 Å². The van der Waals surface area contributed by atoms with Crippen molar-refractivity contribution in [2.75, 3.05) is 0 Å². The summed E-state index contributed by atoms with van der Waals surface area (Å²) in [7, 11) is 0. The average Bonchev–Trinajstić information content (AvgIpc) is 3.20. The summed E-state index contributed by atoms with van der Waals surface area (Å²) in [5, 5.41) is 11.7. The number of allylic oxidation sites excluding steroid dienone is 1. The summed E-state index contributed by atoms with van der Waals surface area (Å²) in [6, 6.07) is 0. The van der Waals surface area contributed by atoms with Crippen molar-refractivity contribution in [2.45, 2.75) is 79.1 Å². The predicted molar refractivity (Wildman–Crippen MR) is 114 cm³/mol. The summed E-state index contributed by atoms with van der Waals surface area (Å²) in [5.74, 6) is -0.855. The van der Waals surface area contributed by atoms with Crippen LogP contribution in [-0.4, -0.2) is 27.8 Å². The molecule has 0 unspecified atom stereocenters. The molecule has 2 rings (SSSR count). The van der Waals surface area contributed by atoms with E-state index in [1.165, 1.54) is 0 Å². The van der Waals surface area contributed by atoms with E-state index in [4.69, 9.17) is 5.11 Å². The Hall–Kier alpha value is -2.63. The van der Waals surface area contributed by atoms with Crippen molar-refractivity contribution < 1.29 is 19.5 Å². The van der Waals surface area contributed by atoms with Gasteiger partial charge >= 0.3 is 5.97 Å². The number of carbonyl (C=O) groups is 3. The molecule has 3 N–H and O–H groups in total. The summed E-state index contributed by atoms with van der Waals surface area (Å²) in [6.07, 6.45) is 6.41. The van der Waals surface area contributed by atoms with E-state index in [-0.39, 0.29) is 18.1 Å². The second kappa shape index (κ2) is 10.2. The molecule has 0 bridgehead atoms. The lowest BCUT2D eigenvalue weighted by Gasteiger charge is -2.05. The molecule has 0 saturated heterocycles. The van der Waals surface area contributed by atoms with Crippen molar-refractivity contribution in [1.29, 1.82) is 0 Å². The first-order valence-electron chi connectivity index (χ1n) is 10.6. The highest BCUT2D eigenvalue weighted by molar-refractivity contribution is 6.01. The molecule has 0 aliphatic carbocycles. The van der Waals surface area contributed by atoms with Gasteiger partial charge in [0.25, 0.3) is 5.91 Å². The van der Waals surface area contributed by atoms with Crippen LogP contribution in [0.15, 0.2) is 16.8 Å². The van der Waals surface area contributed by atoms with Gasteiger partial charge in [0, 0.05) is 29.8 Å². The number of carboxylic acids is 1. The van der Waals surface area contributed by atoms with Crippen molar-refractivity contribution in [3.05, 3.63) is 39.4 Å². The molecule has 0 radical (unpaired) electrons. The van der Waals surface area contributed by atoms with Gasteiger partial charge in [0.2, 0.25) is 0 Å². The number of H-pyrrole nitrogens is 1. The number of carbonyl (C=O) groups excluding carboxylic acids is 2. The van der Waals surface area contributed by atoms with Gasteiger partial charge in [0.1, 0.15) is 0 Å². The Labute approximate surface area is 172 Å². The third-order valence-electron chi connectivity index (χ3n) is 5.49. The fourth-order valence-electron chi connectivity index (χ4n) is 4.06. The third kappa shape index (κ3) is 5.05. The van der Waals surface area contributed by atoms with E-state index in [1.807, 2.05) is 26.8 Å². The van der Waals surface area contributed by atoms with Gasteiger partial charge in [-0.25, -0.2) is 0 Å². The van der Waals surface area contributed by atoms with E-state index in [2.05, 4.69) is 17.2 Å². The maximum Gasteiger partial charge on any atom is 0.303 e. The molecule has 6 heteroatoms. The van der Waals surface area contributed by atoms with Crippen LogP contribution in [-0.2, 0) is 22.4 Å². The van der Waals surface area contributed by atoms with Gasteiger partial charge in [0.15, 0.2) is 5.78 Å². The van der Waals surface area contributed by atoms with Crippen LogP contribution in [0.25, 0.3) is 6.08 Å². The van der Waals surface area contributed by atoms with E-state index in [0.717, 1.165) is 52.9 Å². The summed E-state index contributed by atoms with van der Waals surface area (Å²) < 4.78 is 0. The van der Waals surface area contributed by atoms with Crippen LogP contribution in [0.3, 0.4) is 0 Å². The van der Waals surface area contributed by atoms with Crippen LogP contribution in [0.2, 0.25) is 0 Å². The highest BCUT2D eigenvalue weighted by atomic mass is 16.4. The topological polar surface area (TPSA) is 99.3 Å². The standard InChI is InChI=1S/C23H32N2O4/c1-5-14-16(7-3)22(20(26)11-9-10-12-21(27)28)24-18(14)13-19-15(6-2)17(8-4)23(29)25-19/h13,24H,5-12H2,1-4H3,(H,25,29)(H,27,28)/b19-13+. The molecule has 1 aromatic heterocycles. The summed E-state index contributed by atoms with van der Waals surface area (Å²) >= 11 is 0. The highest BCUT2D eigenvalue weighted by Crippen LogP contribution is 2.30. The van der Waals surface area contributed by atoms with E-state index in [1.54, 1.807) is 0 Å². The Morgan fingerprint density at radius 2 is 1.52 bits per heavy atom. The first-order valence-corrected chi connectivity index (χ1v) is 10.6. The molecule has 0 spiro atoms. The Balaban J connectivity index is 2.35. The second-order valence-electron chi connectivity index (χ2n) is 7.28. The third-order valence-corrected chi connectivity index (χ3v) is 5.49. The first kappa shape index (κ1) is 22.7. The van der Waals surface area contributed by atoms with E-state index >= 15 is 0 Å². The number of nitrogens with one attached hydrogen (secondary N) is 2. The zero-order valence-electron chi connectivity index (χ0n) is 17.9. The molecule has 29 heavy (non-hydrogen) atoms. The minimum atomic E-state index is -0.835. The largest absolute Gasteiger partial charge is 0.481 e. The summed E-state index contributed by atoms with van der Waals surface area (Å²) in [4.78, 5) is 39.0. The van der Waals surface area contributed by atoms with Gasteiger partial charge in [-0.2, -0.15) is 0 Å². The van der Waals surface area contributed by atoms with Crippen LogP contribution in [0.4, 0.5) is 0 Å². The summed E-state index contributed by atoms with van der Waals surface area (Å²) in [5.41, 5.74) is 6.29. The fourth-order valence-corrected chi connectivity index (χ4v) is 4.06. The molecule has 2 heterocycles. The molecule has 0 aromatic carbocycles. The first-order chi connectivity index (χ1) is 13.9. The number of aromatic nitrogens is 1. The molecule has 0 atom stereocenters. The van der Waals surface area contributed by atoms with Crippen molar-refractivity contribution in [1.82, 2.24) is 10.3 Å². The van der Waals surface area contributed by atoms with Gasteiger partial charge in [-0.1, -0.05) is 27.7 Å². The number of Topliss-reactive ketones (excluding diaryl/α,β-unsaturated/α-hetero) is 1. The summed E-state index contributed by atoms with van der Waals surface area (Å²) in [6.45, 7) is 8.12. The lowest BCUT2D eigenvalue weighted by Crippen LogP contribution is -2.16. The van der Waals surface area contributed by atoms with Crippen LogP contribution in [0, 0.1) is 0 Å². The molecule has 0 fully saturated rings. The molecular weight excluding hydrogens is 368 g/mol. The lowest BCUT2D eigenvalue weighted by atomic mass is 9.99. The number of carboxylic acid groups (broad SMARTS) is 1. The molecule has 6 nitrogen and oxygen atoms in total. The number of amides is 1. The minimum absolute atomic E-state index is 0.0163. The SMILES string of the molecule is CCC1=C(CC)/C(=C\c2[nH]c(C(=O)CCCCC(=O)O)c(CC)c2CC)NC1=O. The zero-order chi connectivity index (χ0) is 21.6. The molecule has 1 amide bonds. The molecule has 1 aliphatic heterocycles.